The van der Waals surface area contributed by atoms with Gasteiger partial charge in [0.25, 0.3) is 5.91 Å². The van der Waals surface area contributed by atoms with Gasteiger partial charge < -0.3 is 20.1 Å². The molecule has 0 bridgehead atoms. The molecule has 0 radical (unpaired) electrons. The van der Waals surface area contributed by atoms with Crippen molar-refractivity contribution in [2.45, 2.75) is 6.92 Å². The van der Waals surface area contributed by atoms with Gasteiger partial charge in [0.1, 0.15) is 5.82 Å². The van der Waals surface area contributed by atoms with Crippen molar-refractivity contribution < 1.29 is 9.32 Å². The highest BCUT2D eigenvalue weighted by Crippen LogP contribution is 2.16. The molecule has 2 N–H and O–H groups in total. The van der Waals surface area contributed by atoms with Gasteiger partial charge in [-0.1, -0.05) is 5.16 Å². The fourth-order valence-corrected chi connectivity index (χ4v) is 2.34. The molecule has 0 spiro atoms. The number of carbonyl (C=O) groups is 1. The van der Waals surface area contributed by atoms with Crippen LogP contribution in [0.25, 0.3) is 0 Å². The van der Waals surface area contributed by atoms with Gasteiger partial charge in [-0.2, -0.15) is 0 Å². The van der Waals surface area contributed by atoms with Crippen molar-refractivity contribution in [3.05, 3.63) is 35.9 Å². The van der Waals surface area contributed by atoms with Gasteiger partial charge >= 0.3 is 0 Å². The molecule has 1 saturated heterocycles. The number of nitrogens with two attached hydrogens (primary N) is 1. The summed E-state index contributed by atoms with van der Waals surface area (Å²) in [4.78, 5) is 20.5. The Morgan fingerprint density at radius 2 is 2.05 bits per heavy atom. The number of hydrogen-bond donors (Lipinski definition) is 1. The third-order valence-corrected chi connectivity index (χ3v) is 3.50. The van der Waals surface area contributed by atoms with E-state index in [0.29, 0.717) is 30.2 Å². The fraction of sp³-hybridized carbons (Fsp3) is 0.357. The Morgan fingerprint density at radius 1 is 1.29 bits per heavy atom. The average molecular weight is 287 g/mol. The summed E-state index contributed by atoms with van der Waals surface area (Å²) in [5, 5.41) is 3.75. The molecule has 7 heteroatoms. The first-order chi connectivity index (χ1) is 10.1. The highest BCUT2D eigenvalue weighted by atomic mass is 16.5. The van der Waals surface area contributed by atoms with Crippen LogP contribution < -0.4 is 10.6 Å². The van der Waals surface area contributed by atoms with E-state index in [2.05, 4.69) is 15.0 Å². The zero-order valence-electron chi connectivity index (χ0n) is 11.8. The van der Waals surface area contributed by atoms with Crippen molar-refractivity contribution >= 4 is 17.4 Å². The van der Waals surface area contributed by atoms with Crippen molar-refractivity contribution in [1.29, 1.82) is 0 Å². The van der Waals surface area contributed by atoms with Gasteiger partial charge in [-0.05, 0) is 19.1 Å². The molecular weight excluding hydrogens is 270 g/mol. The van der Waals surface area contributed by atoms with Crippen LogP contribution in [0.3, 0.4) is 0 Å². The van der Waals surface area contributed by atoms with Gasteiger partial charge in [-0.15, -0.1) is 0 Å². The lowest BCUT2D eigenvalue weighted by Crippen LogP contribution is -2.49. The molecule has 2 aromatic rings. The molecule has 0 saturated carbocycles. The highest BCUT2D eigenvalue weighted by Gasteiger charge is 2.25. The molecule has 110 valence electrons. The summed E-state index contributed by atoms with van der Waals surface area (Å²) in [5.41, 5.74) is 6.99. The Labute approximate surface area is 122 Å². The maximum Gasteiger partial charge on any atom is 0.292 e. The number of amides is 1. The number of rotatable bonds is 2. The second-order valence-corrected chi connectivity index (χ2v) is 5.06. The zero-order valence-corrected chi connectivity index (χ0v) is 11.8. The number of pyridine rings is 1. The van der Waals surface area contributed by atoms with Gasteiger partial charge in [0.05, 0.1) is 17.6 Å². The van der Waals surface area contributed by atoms with E-state index in [1.165, 1.54) is 0 Å². The minimum Gasteiger partial charge on any atom is -0.397 e. The number of piperazine rings is 1. The molecule has 1 aliphatic heterocycles. The van der Waals surface area contributed by atoms with Crippen LogP contribution in [0.2, 0.25) is 0 Å². The van der Waals surface area contributed by atoms with Crippen LogP contribution in [0.4, 0.5) is 11.5 Å². The van der Waals surface area contributed by atoms with E-state index in [0.717, 1.165) is 18.9 Å². The lowest BCUT2D eigenvalue weighted by molar-refractivity contribution is 0.0704. The molecular formula is C14H17N5O2. The Morgan fingerprint density at radius 3 is 2.62 bits per heavy atom. The largest absolute Gasteiger partial charge is 0.397 e. The Kier molecular flexibility index (Phi) is 3.47. The zero-order chi connectivity index (χ0) is 14.8. The summed E-state index contributed by atoms with van der Waals surface area (Å²) in [6.45, 7) is 4.52. The topological polar surface area (TPSA) is 88.5 Å². The van der Waals surface area contributed by atoms with E-state index >= 15 is 0 Å². The first kappa shape index (κ1) is 13.4. The smallest absolute Gasteiger partial charge is 0.292 e. The highest BCUT2D eigenvalue weighted by molar-refractivity contribution is 5.91. The van der Waals surface area contributed by atoms with Crippen molar-refractivity contribution in [2.75, 3.05) is 36.8 Å². The number of nitrogen functional groups attached to an aromatic ring is 1. The molecule has 3 rings (SSSR count). The Hall–Kier alpha value is -2.57. The van der Waals surface area contributed by atoms with Crippen molar-refractivity contribution in [2.24, 2.45) is 0 Å². The van der Waals surface area contributed by atoms with Crippen LogP contribution in [-0.4, -0.2) is 47.1 Å². The normalized spacial score (nSPS) is 15.3. The summed E-state index contributed by atoms with van der Waals surface area (Å²) < 4.78 is 5.02. The summed E-state index contributed by atoms with van der Waals surface area (Å²) in [6, 6.07) is 5.39. The third-order valence-electron chi connectivity index (χ3n) is 3.50. The lowest BCUT2D eigenvalue weighted by Gasteiger charge is -2.34. The van der Waals surface area contributed by atoms with Crippen LogP contribution in [-0.2, 0) is 0 Å². The van der Waals surface area contributed by atoms with E-state index in [9.17, 15) is 4.79 Å². The molecule has 0 aliphatic carbocycles. The molecule has 7 nitrogen and oxygen atoms in total. The summed E-state index contributed by atoms with van der Waals surface area (Å²) in [5.74, 6) is 1.07. The summed E-state index contributed by atoms with van der Waals surface area (Å²) in [6.07, 6.45) is 1.64. The molecule has 21 heavy (non-hydrogen) atoms. The predicted octanol–water partition coefficient (Wildman–Crippen LogP) is 0.923. The lowest BCUT2D eigenvalue weighted by atomic mass is 10.2. The van der Waals surface area contributed by atoms with E-state index in [-0.39, 0.29) is 5.91 Å². The first-order valence-corrected chi connectivity index (χ1v) is 6.82. The number of aromatic nitrogens is 2. The van der Waals surface area contributed by atoms with Crippen molar-refractivity contribution in [3.8, 4) is 0 Å². The maximum absolute atomic E-state index is 12.2. The van der Waals surface area contributed by atoms with Gasteiger partial charge in [0, 0.05) is 32.2 Å². The molecule has 2 aromatic heterocycles. The Bertz CT molecular complexity index is 629. The van der Waals surface area contributed by atoms with Crippen LogP contribution in [0.15, 0.2) is 28.9 Å². The van der Waals surface area contributed by atoms with Crippen LogP contribution >= 0.6 is 0 Å². The molecule has 1 fully saturated rings. The van der Waals surface area contributed by atoms with Gasteiger partial charge in [0.15, 0.2) is 0 Å². The van der Waals surface area contributed by atoms with E-state index in [1.807, 2.05) is 12.1 Å². The number of hydrogen-bond acceptors (Lipinski definition) is 6. The first-order valence-electron chi connectivity index (χ1n) is 6.82. The number of carbonyl (C=O) groups excluding carboxylic acids is 1. The summed E-state index contributed by atoms with van der Waals surface area (Å²) >= 11 is 0. The number of nitrogens with zero attached hydrogens (tertiary/aromatic N) is 4. The number of aryl methyl sites for hydroxylation is 1. The molecule has 3 heterocycles. The molecule has 0 aromatic carbocycles. The van der Waals surface area contributed by atoms with E-state index < -0.39 is 0 Å². The van der Waals surface area contributed by atoms with Crippen molar-refractivity contribution in [1.82, 2.24) is 15.0 Å². The van der Waals surface area contributed by atoms with Crippen LogP contribution in [0.5, 0.6) is 0 Å². The third kappa shape index (κ3) is 2.81. The molecule has 1 aliphatic rings. The maximum atomic E-state index is 12.2. The van der Waals surface area contributed by atoms with Crippen LogP contribution in [0, 0.1) is 6.92 Å². The second kappa shape index (κ2) is 5.43. The van der Waals surface area contributed by atoms with Crippen LogP contribution in [0.1, 0.15) is 16.2 Å². The van der Waals surface area contributed by atoms with Gasteiger partial charge in [-0.3, -0.25) is 4.79 Å². The SMILES string of the molecule is Cc1cc(C(=O)N2CCN(c3ccc(N)cn3)CC2)on1. The van der Waals surface area contributed by atoms with E-state index in [1.54, 1.807) is 24.1 Å². The molecule has 1 amide bonds. The standard InChI is InChI=1S/C14H17N5O2/c1-10-8-12(21-17-10)14(20)19-6-4-18(5-7-19)13-3-2-11(15)9-16-13/h2-3,8-9H,4-7,15H2,1H3. The predicted molar refractivity (Wildman–Crippen MR) is 78.0 cm³/mol. The summed E-state index contributed by atoms with van der Waals surface area (Å²) in [7, 11) is 0. The Balaban J connectivity index is 1.62. The minimum atomic E-state index is -0.111. The average Bonchev–Trinajstić information content (AvgIpc) is 2.94. The minimum absolute atomic E-state index is 0.111. The molecule has 0 atom stereocenters. The monoisotopic (exact) mass is 287 g/mol. The van der Waals surface area contributed by atoms with Gasteiger partial charge in [0.2, 0.25) is 5.76 Å². The second-order valence-electron chi connectivity index (χ2n) is 5.06. The fourth-order valence-electron chi connectivity index (χ4n) is 2.34. The van der Waals surface area contributed by atoms with E-state index in [4.69, 9.17) is 10.3 Å². The molecule has 0 unspecified atom stereocenters. The van der Waals surface area contributed by atoms with Gasteiger partial charge in [-0.25, -0.2) is 4.98 Å². The quantitative estimate of drug-likeness (QED) is 0.883. The van der Waals surface area contributed by atoms with Crippen molar-refractivity contribution in [3.63, 3.8) is 0 Å². The number of anilines is 2.